The third kappa shape index (κ3) is 9.65. The van der Waals surface area contributed by atoms with Gasteiger partial charge < -0.3 is 43.2 Å². The van der Waals surface area contributed by atoms with Gasteiger partial charge in [-0.05, 0) is 43.4 Å². The average Bonchev–Trinajstić information content (AvgIpc) is 3.31. The Hall–Kier alpha value is -3.97. The van der Waals surface area contributed by atoms with Crippen LogP contribution >= 0.6 is 0 Å². The molecule has 0 aliphatic carbocycles. The number of aromatic amines is 1. The van der Waals surface area contributed by atoms with E-state index in [0.29, 0.717) is 25.8 Å². The fourth-order valence-corrected chi connectivity index (χ4v) is 4.24. The zero-order chi connectivity index (χ0) is 29.8. The van der Waals surface area contributed by atoms with E-state index in [9.17, 15) is 29.1 Å². The minimum Gasteiger partial charge on any atom is -0.480 e. The summed E-state index contributed by atoms with van der Waals surface area (Å²) in [6.07, 6.45) is 3.18. The van der Waals surface area contributed by atoms with Crippen molar-refractivity contribution < 1.29 is 29.1 Å². The van der Waals surface area contributed by atoms with Crippen molar-refractivity contribution in [3.8, 4) is 0 Å². The Morgan fingerprint density at radius 3 is 2.23 bits per heavy atom. The lowest BCUT2D eigenvalue weighted by atomic mass is 9.99. The molecule has 0 radical (unpaired) electrons. The number of nitrogens with two attached hydrogens (primary N) is 3. The van der Waals surface area contributed by atoms with Gasteiger partial charge in [-0.15, -0.1) is 0 Å². The van der Waals surface area contributed by atoms with Crippen molar-refractivity contribution >= 4 is 40.5 Å². The van der Waals surface area contributed by atoms with Crippen LogP contribution in [0.1, 0.15) is 51.5 Å². The fraction of sp³-hybridized carbons (Fsp3) is 0.519. The summed E-state index contributed by atoms with van der Waals surface area (Å²) in [5.74, 6) is -4.36. The van der Waals surface area contributed by atoms with Crippen molar-refractivity contribution in [2.24, 2.45) is 23.1 Å². The highest BCUT2D eigenvalue weighted by Gasteiger charge is 2.32. The predicted molar refractivity (Wildman–Crippen MR) is 150 cm³/mol. The molecule has 0 bridgehead atoms. The highest BCUT2D eigenvalue weighted by atomic mass is 16.4. The Balaban J connectivity index is 2.24. The van der Waals surface area contributed by atoms with Gasteiger partial charge in [0.15, 0.2) is 0 Å². The van der Waals surface area contributed by atoms with Crippen molar-refractivity contribution in [3.63, 3.8) is 0 Å². The summed E-state index contributed by atoms with van der Waals surface area (Å²) in [4.78, 5) is 65.3. The molecule has 4 unspecified atom stereocenters. The van der Waals surface area contributed by atoms with Crippen molar-refractivity contribution in [2.45, 2.75) is 76.5 Å². The van der Waals surface area contributed by atoms with Gasteiger partial charge in [-0.3, -0.25) is 19.2 Å². The quantitative estimate of drug-likeness (QED) is 0.119. The van der Waals surface area contributed by atoms with Crippen LogP contribution in [-0.2, 0) is 30.4 Å². The van der Waals surface area contributed by atoms with Crippen molar-refractivity contribution in [1.82, 2.24) is 20.9 Å². The van der Waals surface area contributed by atoms with Crippen LogP contribution in [0.25, 0.3) is 10.9 Å². The number of para-hydroxylation sites is 1. The van der Waals surface area contributed by atoms with E-state index in [1.165, 1.54) is 0 Å². The zero-order valence-electron chi connectivity index (χ0n) is 22.9. The number of fused-ring (bicyclic) bond motifs is 1. The summed E-state index contributed by atoms with van der Waals surface area (Å²) in [5, 5.41) is 18.1. The number of hydrogen-bond donors (Lipinski definition) is 8. The van der Waals surface area contributed by atoms with E-state index in [-0.39, 0.29) is 19.3 Å². The Morgan fingerprint density at radius 1 is 0.925 bits per heavy atom. The third-order valence-electron chi connectivity index (χ3n) is 6.58. The van der Waals surface area contributed by atoms with Gasteiger partial charge in [-0.1, -0.05) is 38.5 Å². The van der Waals surface area contributed by atoms with Crippen LogP contribution < -0.4 is 33.2 Å². The molecular weight excluding hydrogens is 518 g/mol. The van der Waals surface area contributed by atoms with E-state index in [4.69, 9.17) is 17.2 Å². The van der Waals surface area contributed by atoms with Gasteiger partial charge in [0.2, 0.25) is 23.6 Å². The summed E-state index contributed by atoms with van der Waals surface area (Å²) in [6, 6.07) is 3.08. The molecule has 2 rings (SSSR count). The maximum absolute atomic E-state index is 13.5. The lowest BCUT2D eigenvalue weighted by molar-refractivity contribution is -0.143. The van der Waals surface area contributed by atoms with Crippen LogP contribution in [-0.4, -0.2) is 70.4 Å². The molecule has 0 saturated heterocycles. The zero-order valence-corrected chi connectivity index (χ0v) is 22.9. The number of hydrogen-bond acceptors (Lipinski definition) is 7. The maximum atomic E-state index is 13.5. The van der Waals surface area contributed by atoms with E-state index < -0.39 is 59.7 Å². The van der Waals surface area contributed by atoms with E-state index in [2.05, 4.69) is 20.9 Å². The summed E-state index contributed by atoms with van der Waals surface area (Å²) in [5.41, 5.74) is 18.3. The molecule has 4 amide bonds. The second-order valence-electron chi connectivity index (χ2n) is 10.2. The second-order valence-corrected chi connectivity index (χ2v) is 10.2. The molecule has 13 nitrogen and oxygen atoms in total. The van der Waals surface area contributed by atoms with E-state index in [1.807, 2.05) is 24.3 Å². The Labute approximate surface area is 233 Å². The summed E-state index contributed by atoms with van der Waals surface area (Å²) in [7, 11) is 0. The number of aromatic nitrogens is 1. The molecule has 2 aromatic rings. The van der Waals surface area contributed by atoms with E-state index in [0.717, 1.165) is 16.5 Å². The normalized spacial score (nSPS) is 14.2. The molecule has 4 atom stereocenters. The molecule has 11 N–H and O–H groups in total. The number of nitrogens with one attached hydrogen (secondary N) is 4. The molecule has 0 fully saturated rings. The number of benzene rings is 1. The Bertz CT molecular complexity index is 1180. The minimum atomic E-state index is -1.37. The van der Waals surface area contributed by atoms with Gasteiger partial charge in [0.25, 0.3) is 0 Å². The van der Waals surface area contributed by atoms with Crippen LogP contribution in [0.5, 0.6) is 0 Å². The van der Waals surface area contributed by atoms with Gasteiger partial charge in [-0.2, -0.15) is 0 Å². The van der Waals surface area contributed by atoms with Gasteiger partial charge in [-0.25, -0.2) is 4.79 Å². The number of H-pyrrole nitrogens is 1. The Morgan fingerprint density at radius 2 is 1.60 bits per heavy atom. The van der Waals surface area contributed by atoms with Crippen molar-refractivity contribution in [1.29, 1.82) is 0 Å². The van der Waals surface area contributed by atoms with Gasteiger partial charge in [0, 0.05) is 29.9 Å². The highest BCUT2D eigenvalue weighted by molar-refractivity contribution is 5.95. The molecule has 1 aromatic carbocycles. The number of carboxylic acid groups (broad SMARTS) is 1. The van der Waals surface area contributed by atoms with Gasteiger partial charge >= 0.3 is 5.97 Å². The molecule has 1 aromatic heterocycles. The van der Waals surface area contributed by atoms with Crippen LogP contribution in [0.15, 0.2) is 30.5 Å². The molecule has 0 spiro atoms. The third-order valence-corrected chi connectivity index (χ3v) is 6.58. The fourth-order valence-electron chi connectivity index (χ4n) is 4.24. The maximum Gasteiger partial charge on any atom is 0.326 e. The molecule has 1 heterocycles. The van der Waals surface area contributed by atoms with Gasteiger partial charge in [0.05, 0.1) is 6.04 Å². The standard InChI is InChI=1S/C27H41N7O6/c1-15(2)23(26(38)32-20(27(39)40)10-11-22(30)35)34-25(37)21(33-24(36)18(29)8-5-6-12-28)13-16-14-31-19-9-4-3-7-17(16)19/h3-4,7,9,14-15,18,20-21,23,31H,5-6,8,10-13,28-29H2,1-2H3,(H2,30,35)(H,32,38)(H,33,36)(H,34,37)(H,39,40). The number of rotatable bonds is 17. The van der Waals surface area contributed by atoms with Crippen LogP contribution in [0, 0.1) is 5.92 Å². The molecule has 0 aliphatic heterocycles. The second kappa shape index (κ2) is 15.6. The first-order valence-electron chi connectivity index (χ1n) is 13.4. The van der Waals surface area contributed by atoms with Crippen LogP contribution in [0.4, 0.5) is 0 Å². The highest BCUT2D eigenvalue weighted by Crippen LogP contribution is 2.19. The van der Waals surface area contributed by atoms with E-state index >= 15 is 0 Å². The minimum absolute atomic E-state index is 0.111. The molecule has 0 aliphatic rings. The largest absolute Gasteiger partial charge is 0.480 e. The number of amides is 4. The number of carboxylic acids is 1. The first kappa shape index (κ1) is 32.2. The smallest absolute Gasteiger partial charge is 0.326 e. The first-order chi connectivity index (χ1) is 18.9. The SMILES string of the molecule is CC(C)C(NC(=O)C(Cc1c[nH]c2ccccc12)NC(=O)C(N)CCCCN)C(=O)NC(CCC(N)=O)C(=O)O. The van der Waals surface area contributed by atoms with E-state index in [1.54, 1.807) is 20.0 Å². The first-order valence-corrected chi connectivity index (χ1v) is 13.4. The van der Waals surface area contributed by atoms with Crippen LogP contribution in [0.3, 0.4) is 0 Å². The molecular formula is C27H41N7O6. The predicted octanol–water partition coefficient (Wildman–Crippen LogP) is -0.373. The topological polar surface area (TPSA) is 236 Å². The van der Waals surface area contributed by atoms with Crippen molar-refractivity contribution in [3.05, 3.63) is 36.0 Å². The number of unbranched alkanes of at least 4 members (excludes halogenated alkanes) is 1. The lowest BCUT2D eigenvalue weighted by Crippen LogP contribution is -2.59. The number of carbonyl (C=O) groups excluding carboxylic acids is 4. The number of primary amides is 1. The van der Waals surface area contributed by atoms with Crippen molar-refractivity contribution in [2.75, 3.05) is 6.54 Å². The molecule has 0 saturated carbocycles. The summed E-state index contributed by atoms with van der Waals surface area (Å²) < 4.78 is 0. The molecule has 220 valence electrons. The Kier molecular flexibility index (Phi) is 12.6. The monoisotopic (exact) mass is 559 g/mol. The average molecular weight is 560 g/mol. The summed E-state index contributed by atoms with van der Waals surface area (Å²) >= 11 is 0. The number of aliphatic carboxylic acids is 1. The lowest BCUT2D eigenvalue weighted by Gasteiger charge is -2.27. The molecule has 13 heteroatoms. The van der Waals surface area contributed by atoms with Crippen LogP contribution in [0.2, 0.25) is 0 Å². The molecule has 40 heavy (non-hydrogen) atoms. The summed E-state index contributed by atoms with van der Waals surface area (Å²) in [6.45, 7) is 3.85. The number of carbonyl (C=O) groups is 5. The van der Waals surface area contributed by atoms with Gasteiger partial charge in [0.1, 0.15) is 18.1 Å².